The Morgan fingerprint density at radius 3 is 2.75 bits per heavy atom. The molecular formula is C21H23N5O2. The van der Waals surface area contributed by atoms with E-state index in [0.29, 0.717) is 24.0 Å². The summed E-state index contributed by atoms with van der Waals surface area (Å²) in [4.78, 5) is 27.5. The Morgan fingerprint density at radius 2 is 1.93 bits per heavy atom. The highest BCUT2D eigenvalue weighted by Gasteiger charge is 2.22. The molecule has 4 aromatic rings. The molecule has 5 rings (SSSR count). The molecule has 2 N–H and O–H groups in total. The van der Waals surface area contributed by atoms with Gasteiger partial charge < -0.3 is 9.72 Å². The lowest BCUT2D eigenvalue weighted by Gasteiger charge is -2.27. The zero-order chi connectivity index (χ0) is 19.1. The van der Waals surface area contributed by atoms with Crippen LogP contribution in [0.2, 0.25) is 0 Å². The fourth-order valence-corrected chi connectivity index (χ4v) is 4.19. The van der Waals surface area contributed by atoms with Gasteiger partial charge in [0.05, 0.1) is 5.52 Å². The predicted octanol–water partition coefficient (Wildman–Crippen LogP) is 3.33. The summed E-state index contributed by atoms with van der Waals surface area (Å²) in [6, 6.07) is 6.12. The molecule has 1 saturated heterocycles. The van der Waals surface area contributed by atoms with Crippen molar-refractivity contribution in [1.29, 1.82) is 0 Å². The Bertz CT molecular complexity index is 1180. The fourth-order valence-electron chi connectivity index (χ4n) is 4.19. The van der Waals surface area contributed by atoms with Crippen molar-refractivity contribution in [3.05, 3.63) is 47.3 Å². The third kappa shape index (κ3) is 3.01. The van der Waals surface area contributed by atoms with Crippen molar-refractivity contribution in [3.8, 4) is 11.1 Å². The molecule has 0 aromatic carbocycles. The van der Waals surface area contributed by atoms with E-state index in [9.17, 15) is 4.79 Å². The number of H-pyrrole nitrogens is 2. The highest BCUT2D eigenvalue weighted by molar-refractivity contribution is 5.84. The number of hydrogen-bond acceptors (Lipinski definition) is 4. The fraction of sp³-hybridized carbons (Fsp3) is 0.381. The minimum atomic E-state index is -0.0993. The molecule has 28 heavy (non-hydrogen) atoms. The largest absolute Gasteiger partial charge is 0.381 e. The molecule has 0 amide bonds. The molecule has 1 fully saturated rings. The van der Waals surface area contributed by atoms with E-state index in [1.807, 2.05) is 29.1 Å². The third-order valence-corrected chi connectivity index (χ3v) is 5.90. The number of nitrogens with zero attached hydrogens (tertiary/aromatic N) is 3. The highest BCUT2D eigenvalue weighted by Crippen LogP contribution is 2.27. The van der Waals surface area contributed by atoms with Crippen molar-refractivity contribution in [3.63, 3.8) is 0 Å². The standard InChI is InChI=1S/C21H23N5O2/c1-13(14-3-6-28-7-4-14)12-26-18-9-17(11-24-20(18)25-21(26)27)16-8-15-2-5-22-19(15)23-10-16/h2,5,8-11,13-14H,3-4,6-7,12H2,1H3,(H,22,23)(H,24,25,27). The van der Waals surface area contributed by atoms with Crippen LogP contribution in [0.25, 0.3) is 33.3 Å². The quantitative estimate of drug-likeness (QED) is 0.571. The molecule has 144 valence electrons. The summed E-state index contributed by atoms with van der Waals surface area (Å²) in [6.45, 7) is 4.54. The van der Waals surface area contributed by atoms with E-state index in [0.717, 1.165) is 53.7 Å². The van der Waals surface area contributed by atoms with E-state index < -0.39 is 0 Å². The number of nitrogens with one attached hydrogen (secondary N) is 2. The van der Waals surface area contributed by atoms with Crippen LogP contribution in [-0.4, -0.2) is 37.7 Å². The molecule has 0 spiro atoms. The van der Waals surface area contributed by atoms with Crippen LogP contribution in [0.5, 0.6) is 0 Å². The molecule has 7 heteroatoms. The lowest BCUT2D eigenvalue weighted by atomic mass is 9.87. The minimum Gasteiger partial charge on any atom is -0.381 e. The monoisotopic (exact) mass is 377 g/mol. The van der Waals surface area contributed by atoms with Crippen LogP contribution in [0, 0.1) is 11.8 Å². The molecule has 1 aliphatic heterocycles. The zero-order valence-electron chi connectivity index (χ0n) is 15.8. The summed E-state index contributed by atoms with van der Waals surface area (Å²) in [5, 5.41) is 1.05. The van der Waals surface area contributed by atoms with Crippen LogP contribution < -0.4 is 5.69 Å². The number of imidazole rings is 1. The maximum Gasteiger partial charge on any atom is 0.327 e. The maximum absolute atomic E-state index is 12.6. The summed E-state index contributed by atoms with van der Waals surface area (Å²) in [5.41, 5.74) is 4.17. The molecule has 0 saturated carbocycles. The van der Waals surface area contributed by atoms with Crippen LogP contribution in [0.15, 0.2) is 41.6 Å². The van der Waals surface area contributed by atoms with Gasteiger partial charge in [0.15, 0.2) is 5.65 Å². The summed E-state index contributed by atoms with van der Waals surface area (Å²) >= 11 is 0. The summed E-state index contributed by atoms with van der Waals surface area (Å²) in [7, 11) is 0. The van der Waals surface area contributed by atoms with Crippen LogP contribution in [0.4, 0.5) is 0 Å². The van der Waals surface area contributed by atoms with Crippen molar-refractivity contribution in [2.75, 3.05) is 13.2 Å². The van der Waals surface area contributed by atoms with Gasteiger partial charge in [-0.3, -0.25) is 9.55 Å². The Kier molecular flexibility index (Phi) is 4.24. The number of rotatable bonds is 4. The number of aromatic amines is 2. The zero-order valence-corrected chi connectivity index (χ0v) is 15.8. The van der Waals surface area contributed by atoms with Gasteiger partial charge in [0.1, 0.15) is 5.65 Å². The smallest absolute Gasteiger partial charge is 0.327 e. The van der Waals surface area contributed by atoms with Gasteiger partial charge in [0.25, 0.3) is 0 Å². The van der Waals surface area contributed by atoms with E-state index in [2.05, 4.69) is 32.9 Å². The number of fused-ring (bicyclic) bond motifs is 2. The highest BCUT2D eigenvalue weighted by atomic mass is 16.5. The summed E-state index contributed by atoms with van der Waals surface area (Å²) < 4.78 is 7.30. The Balaban J connectivity index is 1.51. The molecule has 0 bridgehead atoms. The maximum atomic E-state index is 12.6. The lowest BCUT2D eigenvalue weighted by Crippen LogP contribution is -2.28. The van der Waals surface area contributed by atoms with E-state index in [1.54, 1.807) is 6.20 Å². The van der Waals surface area contributed by atoms with Crippen molar-refractivity contribution < 1.29 is 4.74 Å². The van der Waals surface area contributed by atoms with Gasteiger partial charge in [-0.25, -0.2) is 14.8 Å². The Morgan fingerprint density at radius 1 is 1.18 bits per heavy atom. The van der Waals surface area contributed by atoms with Crippen molar-refractivity contribution in [1.82, 2.24) is 24.5 Å². The van der Waals surface area contributed by atoms with Gasteiger partial charge >= 0.3 is 5.69 Å². The van der Waals surface area contributed by atoms with Crippen LogP contribution in [-0.2, 0) is 11.3 Å². The number of ether oxygens (including phenoxy) is 1. The Hall–Kier alpha value is -2.93. The van der Waals surface area contributed by atoms with Crippen LogP contribution in [0.3, 0.4) is 0 Å². The van der Waals surface area contributed by atoms with E-state index in [4.69, 9.17) is 4.74 Å². The average molecular weight is 377 g/mol. The second kappa shape index (κ2) is 6.91. The first kappa shape index (κ1) is 17.2. The van der Waals surface area contributed by atoms with E-state index >= 15 is 0 Å². The third-order valence-electron chi connectivity index (χ3n) is 5.90. The molecule has 0 radical (unpaired) electrons. The Labute approximate surface area is 161 Å². The molecule has 1 atom stereocenters. The average Bonchev–Trinajstić information content (AvgIpc) is 3.32. The molecule has 0 aliphatic carbocycles. The predicted molar refractivity (Wildman–Crippen MR) is 108 cm³/mol. The lowest BCUT2D eigenvalue weighted by molar-refractivity contribution is 0.0467. The van der Waals surface area contributed by atoms with Gasteiger partial charge in [0, 0.05) is 54.9 Å². The van der Waals surface area contributed by atoms with E-state index in [1.165, 1.54) is 0 Å². The van der Waals surface area contributed by atoms with Crippen LogP contribution >= 0.6 is 0 Å². The molecule has 5 heterocycles. The molecule has 7 nitrogen and oxygen atoms in total. The number of hydrogen-bond donors (Lipinski definition) is 2. The van der Waals surface area contributed by atoms with Crippen molar-refractivity contribution in [2.45, 2.75) is 26.3 Å². The molecule has 1 unspecified atom stereocenters. The number of aromatic nitrogens is 5. The van der Waals surface area contributed by atoms with E-state index in [-0.39, 0.29) is 5.69 Å². The van der Waals surface area contributed by atoms with Gasteiger partial charge in [-0.05, 0) is 42.9 Å². The molecule has 4 aromatic heterocycles. The first-order valence-corrected chi connectivity index (χ1v) is 9.79. The SMILES string of the molecule is CC(Cn1c(=O)[nH]c2ncc(-c3cnc4[nH]ccc4c3)cc21)C1CCOCC1. The van der Waals surface area contributed by atoms with Gasteiger partial charge in [-0.15, -0.1) is 0 Å². The van der Waals surface area contributed by atoms with Gasteiger partial charge in [0.2, 0.25) is 0 Å². The van der Waals surface area contributed by atoms with Gasteiger partial charge in [-0.1, -0.05) is 6.92 Å². The first-order valence-electron chi connectivity index (χ1n) is 9.79. The second-order valence-electron chi connectivity index (χ2n) is 7.70. The topological polar surface area (TPSA) is 88.6 Å². The van der Waals surface area contributed by atoms with Crippen molar-refractivity contribution >= 4 is 22.2 Å². The second-order valence-corrected chi connectivity index (χ2v) is 7.70. The summed E-state index contributed by atoms with van der Waals surface area (Å²) in [6.07, 6.45) is 7.63. The first-order chi connectivity index (χ1) is 13.7. The minimum absolute atomic E-state index is 0.0993. The normalized spacial score (nSPS) is 16.8. The number of pyridine rings is 2. The van der Waals surface area contributed by atoms with Crippen molar-refractivity contribution in [2.24, 2.45) is 11.8 Å². The molecular weight excluding hydrogens is 354 g/mol. The summed E-state index contributed by atoms with van der Waals surface area (Å²) in [5.74, 6) is 0.990. The molecule has 1 aliphatic rings. The van der Waals surface area contributed by atoms with Gasteiger partial charge in [-0.2, -0.15) is 0 Å². The van der Waals surface area contributed by atoms with Crippen LogP contribution in [0.1, 0.15) is 19.8 Å².